The monoisotopic (exact) mass is 338 g/mol. The number of aromatic nitrogens is 2. The molecule has 0 atom stereocenters. The maximum atomic E-state index is 12.9. The predicted octanol–water partition coefficient (Wildman–Crippen LogP) is 2.92. The van der Waals surface area contributed by atoms with E-state index >= 15 is 0 Å². The number of rotatable bonds is 4. The summed E-state index contributed by atoms with van der Waals surface area (Å²) in [4.78, 5) is 7.56. The third-order valence-electron chi connectivity index (χ3n) is 3.27. The molecule has 0 saturated heterocycles. The van der Waals surface area contributed by atoms with E-state index in [2.05, 4.69) is 25.9 Å². The van der Waals surface area contributed by atoms with Crippen molar-refractivity contribution in [3.05, 3.63) is 47.0 Å². The van der Waals surface area contributed by atoms with E-state index in [4.69, 9.17) is 5.41 Å². The van der Waals surface area contributed by atoms with Crippen molar-refractivity contribution < 1.29 is 13.2 Å². The fourth-order valence-corrected chi connectivity index (χ4v) is 2.10. The van der Waals surface area contributed by atoms with E-state index in [0.717, 1.165) is 11.8 Å². The van der Waals surface area contributed by atoms with E-state index in [1.165, 1.54) is 7.05 Å². The van der Waals surface area contributed by atoms with Gasteiger partial charge in [0.1, 0.15) is 11.4 Å². The molecule has 0 radical (unpaired) electrons. The molecule has 0 saturated carbocycles. The minimum Gasteiger partial charge on any atom is -0.393 e. The summed E-state index contributed by atoms with van der Waals surface area (Å²) in [5.74, 6) is -0.302. The van der Waals surface area contributed by atoms with Crippen LogP contribution < -0.4 is 16.0 Å². The largest absolute Gasteiger partial charge is 0.421 e. The molecule has 0 aromatic carbocycles. The van der Waals surface area contributed by atoms with Gasteiger partial charge in [0.15, 0.2) is 0 Å². The van der Waals surface area contributed by atoms with Crippen LogP contribution in [0.15, 0.2) is 41.4 Å². The van der Waals surface area contributed by atoms with Crippen molar-refractivity contribution in [1.82, 2.24) is 15.3 Å². The van der Waals surface area contributed by atoms with E-state index in [1.54, 1.807) is 25.4 Å². The first-order valence-corrected chi connectivity index (χ1v) is 7.02. The maximum Gasteiger partial charge on any atom is 0.421 e. The normalized spacial score (nSPS) is 16.6. The molecule has 0 bridgehead atoms. The smallest absolute Gasteiger partial charge is 0.393 e. The first-order valence-electron chi connectivity index (χ1n) is 7.02. The fraction of sp³-hybridized carbons (Fsp3) is 0.267. The number of hydrogen-bond donors (Lipinski definition) is 4. The van der Waals surface area contributed by atoms with Gasteiger partial charge in [0.25, 0.3) is 0 Å². The first kappa shape index (κ1) is 17.5. The summed E-state index contributed by atoms with van der Waals surface area (Å²) in [6, 6.07) is 0. The van der Waals surface area contributed by atoms with Gasteiger partial charge in [-0.1, -0.05) is 0 Å². The molecule has 128 valence electrons. The van der Waals surface area contributed by atoms with Gasteiger partial charge >= 0.3 is 6.18 Å². The molecule has 1 aliphatic carbocycles. The van der Waals surface area contributed by atoms with Crippen LogP contribution in [0.3, 0.4) is 0 Å². The third kappa shape index (κ3) is 3.73. The molecule has 4 N–H and O–H groups in total. The summed E-state index contributed by atoms with van der Waals surface area (Å²) in [6.07, 6.45) is 1.22. The second-order valence-electron chi connectivity index (χ2n) is 5.02. The zero-order valence-corrected chi connectivity index (χ0v) is 13.3. The minimum absolute atomic E-state index is 0.0141. The highest BCUT2D eigenvalue weighted by molar-refractivity contribution is 6.10. The van der Waals surface area contributed by atoms with Crippen LogP contribution in [0.1, 0.15) is 12.5 Å². The Bertz CT molecular complexity index is 746. The predicted molar refractivity (Wildman–Crippen MR) is 86.9 cm³/mol. The highest BCUT2D eigenvalue weighted by Gasteiger charge is 2.35. The molecule has 1 aromatic heterocycles. The van der Waals surface area contributed by atoms with Crippen molar-refractivity contribution >= 4 is 17.5 Å². The number of allylic oxidation sites excluding steroid dienone is 4. The van der Waals surface area contributed by atoms with E-state index in [1.807, 2.05) is 6.92 Å². The molecule has 24 heavy (non-hydrogen) atoms. The van der Waals surface area contributed by atoms with Gasteiger partial charge in [0.2, 0.25) is 5.95 Å². The third-order valence-corrected chi connectivity index (χ3v) is 3.27. The molecule has 0 aliphatic heterocycles. The number of hydrogen-bond acceptors (Lipinski definition) is 6. The summed E-state index contributed by atoms with van der Waals surface area (Å²) >= 11 is 0. The Kier molecular flexibility index (Phi) is 4.91. The number of nitrogens with one attached hydrogen (secondary N) is 4. The van der Waals surface area contributed by atoms with Crippen LogP contribution in [-0.2, 0) is 6.18 Å². The average molecular weight is 338 g/mol. The molecule has 0 unspecified atom stereocenters. The van der Waals surface area contributed by atoms with Gasteiger partial charge in [0.05, 0.1) is 5.71 Å². The number of nitrogens with zero attached hydrogens (tertiary/aromatic N) is 2. The Morgan fingerprint density at radius 2 is 1.92 bits per heavy atom. The van der Waals surface area contributed by atoms with Gasteiger partial charge in [-0.3, -0.25) is 0 Å². The van der Waals surface area contributed by atoms with Crippen molar-refractivity contribution in [3.8, 4) is 0 Å². The lowest BCUT2D eigenvalue weighted by molar-refractivity contribution is -0.137. The Morgan fingerprint density at radius 3 is 2.50 bits per heavy atom. The van der Waals surface area contributed by atoms with Crippen LogP contribution in [0.2, 0.25) is 0 Å². The quantitative estimate of drug-likeness (QED) is 0.678. The molecule has 1 aromatic rings. The summed E-state index contributed by atoms with van der Waals surface area (Å²) in [6.45, 7) is 1.82. The standard InChI is InChI=1S/C15H17F3N6/c1-8-4-9(6-20-2)11(19)5-12(8)23-14-22-7-10(15(16,17)18)13(21-3)24-14/h4-7,19-20H,1-3H3,(H2,21,22,23,24)/b9-6-,19-11?. The molecular formula is C15H17F3N6. The topological polar surface area (TPSA) is 85.7 Å². The number of alkyl halides is 3. The molecule has 0 amide bonds. The highest BCUT2D eigenvalue weighted by Crippen LogP contribution is 2.33. The molecule has 2 rings (SSSR count). The zero-order valence-electron chi connectivity index (χ0n) is 13.3. The molecule has 9 heteroatoms. The number of halogens is 3. The summed E-state index contributed by atoms with van der Waals surface area (Å²) in [7, 11) is 3.09. The lowest BCUT2D eigenvalue weighted by Crippen LogP contribution is -2.16. The van der Waals surface area contributed by atoms with Crippen LogP contribution >= 0.6 is 0 Å². The first-order chi connectivity index (χ1) is 11.3. The Labute approximate surface area is 137 Å². The van der Waals surface area contributed by atoms with Gasteiger partial charge in [0, 0.05) is 37.8 Å². The van der Waals surface area contributed by atoms with Gasteiger partial charge in [-0.05, 0) is 24.6 Å². The van der Waals surface area contributed by atoms with E-state index in [9.17, 15) is 13.2 Å². The SMILES string of the molecule is CN/C=C1/C=C(C)C(Nc2ncc(C(F)(F)F)c(NC)n2)=CC1=N. The number of anilines is 2. The molecule has 0 spiro atoms. The van der Waals surface area contributed by atoms with Crippen molar-refractivity contribution in [1.29, 1.82) is 5.41 Å². The van der Waals surface area contributed by atoms with Crippen molar-refractivity contribution in [2.75, 3.05) is 24.7 Å². The van der Waals surface area contributed by atoms with Gasteiger partial charge in [-0.15, -0.1) is 0 Å². The van der Waals surface area contributed by atoms with Crippen molar-refractivity contribution in [2.24, 2.45) is 0 Å². The van der Waals surface area contributed by atoms with E-state index in [-0.39, 0.29) is 17.5 Å². The zero-order chi connectivity index (χ0) is 17.9. The maximum absolute atomic E-state index is 12.9. The average Bonchev–Trinajstić information content (AvgIpc) is 2.51. The summed E-state index contributed by atoms with van der Waals surface area (Å²) in [5.41, 5.74) is 1.38. The highest BCUT2D eigenvalue weighted by atomic mass is 19.4. The van der Waals surface area contributed by atoms with Gasteiger partial charge in [-0.2, -0.15) is 18.2 Å². The van der Waals surface area contributed by atoms with Crippen molar-refractivity contribution in [3.63, 3.8) is 0 Å². The summed E-state index contributed by atoms with van der Waals surface area (Å²) in [5, 5.41) is 16.1. The minimum atomic E-state index is -4.54. The van der Waals surface area contributed by atoms with E-state index < -0.39 is 11.7 Å². The Hall–Kier alpha value is -2.84. The molecular weight excluding hydrogens is 321 g/mol. The van der Waals surface area contributed by atoms with Crippen molar-refractivity contribution in [2.45, 2.75) is 13.1 Å². The fourth-order valence-electron chi connectivity index (χ4n) is 2.10. The van der Waals surface area contributed by atoms with E-state index in [0.29, 0.717) is 11.3 Å². The van der Waals surface area contributed by atoms with Crippen LogP contribution in [-0.4, -0.2) is 29.8 Å². The summed E-state index contributed by atoms with van der Waals surface area (Å²) < 4.78 is 38.6. The Morgan fingerprint density at radius 1 is 1.21 bits per heavy atom. The van der Waals surface area contributed by atoms with Gasteiger partial charge < -0.3 is 21.4 Å². The van der Waals surface area contributed by atoms with Crippen LogP contribution in [0, 0.1) is 5.41 Å². The Balaban J connectivity index is 2.29. The molecule has 1 heterocycles. The van der Waals surface area contributed by atoms with Crippen LogP contribution in [0.25, 0.3) is 0 Å². The lowest BCUT2D eigenvalue weighted by atomic mass is 9.99. The van der Waals surface area contributed by atoms with Crippen LogP contribution in [0.4, 0.5) is 24.9 Å². The molecule has 1 aliphatic rings. The second kappa shape index (κ2) is 6.73. The second-order valence-corrected chi connectivity index (χ2v) is 5.02. The van der Waals surface area contributed by atoms with Gasteiger partial charge in [-0.25, -0.2) is 4.98 Å². The molecule has 6 nitrogen and oxygen atoms in total. The lowest BCUT2D eigenvalue weighted by Gasteiger charge is -2.18. The molecule has 0 fully saturated rings. The van der Waals surface area contributed by atoms with Crippen LogP contribution in [0.5, 0.6) is 0 Å².